The fourth-order valence-electron chi connectivity index (χ4n) is 5.14. The Morgan fingerprint density at radius 2 is 1.74 bits per heavy atom. The fraction of sp³-hybridized carbons (Fsp3) is 0.692. The molecule has 2 aliphatic carbocycles. The van der Waals surface area contributed by atoms with Gasteiger partial charge in [-0.25, -0.2) is 13.2 Å². The highest BCUT2D eigenvalue weighted by atomic mass is 19.3. The van der Waals surface area contributed by atoms with Crippen LogP contribution < -0.4 is 10.6 Å². The summed E-state index contributed by atoms with van der Waals surface area (Å²) in [5.41, 5.74) is 0.148. The number of nitrogens with zero attached hydrogens (tertiary/aromatic N) is 1. The SMILES string of the molecule is CC.CC1CCC2(CC1)CN(CC(=O)NC1CCCC1)C2.O=CNc1cc(F)cc(C(F)F)c1. The number of anilines is 1. The van der Waals surface area contributed by atoms with Crippen LogP contribution in [0.15, 0.2) is 18.2 Å². The van der Waals surface area contributed by atoms with Crippen molar-refractivity contribution in [3.05, 3.63) is 29.6 Å². The number of carbonyl (C=O) groups excluding carboxylic acids is 2. The number of amides is 2. The first-order valence-corrected chi connectivity index (χ1v) is 12.6. The van der Waals surface area contributed by atoms with Crippen LogP contribution in [0, 0.1) is 17.2 Å². The molecule has 1 aromatic rings. The molecule has 1 heterocycles. The molecule has 2 N–H and O–H groups in total. The van der Waals surface area contributed by atoms with E-state index >= 15 is 0 Å². The molecule has 0 unspecified atom stereocenters. The van der Waals surface area contributed by atoms with E-state index in [1.807, 2.05) is 13.8 Å². The van der Waals surface area contributed by atoms with Crippen LogP contribution in [0.4, 0.5) is 18.9 Å². The standard InChI is InChI=1S/C16H28N2O.C8H6F3NO.C2H6/c1-13-6-8-16(9-7-13)11-18(12-16)10-15(19)17-14-4-2-3-5-14;9-6-1-5(8(10)11)2-7(3-6)12-4-13;1-2/h13-14H,2-12H2,1H3,(H,17,19);1-4,8H,(H,12,13);1-2H3. The van der Waals surface area contributed by atoms with E-state index < -0.39 is 17.8 Å². The van der Waals surface area contributed by atoms with E-state index in [9.17, 15) is 22.8 Å². The number of carbonyl (C=O) groups is 2. The van der Waals surface area contributed by atoms with Gasteiger partial charge in [-0.2, -0.15) is 0 Å². The molecular weight excluding hydrogens is 443 g/mol. The molecule has 3 aliphatic rings. The normalized spacial score (nSPS) is 20.0. The lowest BCUT2D eigenvalue weighted by Gasteiger charge is -2.53. The summed E-state index contributed by atoms with van der Waals surface area (Å²) in [4.78, 5) is 24.3. The maximum atomic E-state index is 12.6. The molecular formula is C26H40F3N3O2. The molecule has 192 valence electrons. The summed E-state index contributed by atoms with van der Waals surface area (Å²) in [6.45, 7) is 9.34. The molecule has 2 saturated carbocycles. The zero-order valence-electron chi connectivity index (χ0n) is 20.7. The third-order valence-electron chi connectivity index (χ3n) is 6.94. The average molecular weight is 484 g/mol. The Morgan fingerprint density at radius 3 is 2.29 bits per heavy atom. The monoisotopic (exact) mass is 483 g/mol. The van der Waals surface area contributed by atoms with Gasteiger partial charge in [-0.15, -0.1) is 0 Å². The van der Waals surface area contributed by atoms with Gasteiger partial charge in [-0.1, -0.05) is 46.5 Å². The molecule has 1 aromatic carbocycles. The predicted molar refractivity (Wildman–Crippen MR) is 129 cm³/mol. The predicted octanol–water partition coefficient (Wildman–Crippen LogP) is 5.92. The van der Waals surface area contributed by atoms with Gasteiger partial charge < -0.3 is 10.6 Å². The summed E-state index contributed by atoms with van der Waals surface area (Å²) < 4.78 is 36.8. The van der Waals surface area contributed by atoms with Crippen molar-refractivity contribution >= 4 is 18.0 Å². The lowest BCUT2D eigenvalue weighted by atomic mass is 9.66. The van der Waals surface area contributed by atoms with Crippen LogP contribution in [-0.4, -0.2) is 42.9 Å². The first kappa shape index (κ1) is 28.1. The first-order valence-electron chi connectivity index (χ1n) is 12.6. The number of hydrogen-bond acceptors (Lipinski definition) is 3. The highest BCUT2D eigenvalue weighted by Crippen LogP contribution is 2.45. The van der Waals surface area contributed by atoms with Gasteiger partial charge in [0, 0.05) is 30.4 Å². The van der Waals surface area contributed by atoms with Crippen LogP contribution in [-0.2, 0) is 9.59 Å². The summed E-state index contributed by atoms with van der Waals surface area (Å²) in [6.07, 6.45) is 8.05. The number of rotatable bonds is 6. The van der Waals surface area contributed by atoms with Gasteiger partial charge in [-0.05, 0) is 55.2 Å². The number of hydrogen-bond donors (Lipinski definition) is 2. The molecule has 0 atom stereocenters. The Bertz CT molecular complexity index is 769. The highest BCUT2D eigenvalue weighted by molar-refractivity contribution is 5.78. The van der Waals surface area contributed by atoms with Crippen molar-refractivity contribution in [3.63, 3.8) is 0 Å². The van der Waals surface area contributed by atoms with Crippen molar-refractivity contribution in [1.29, 1.82) is 0 Å². The van der Waals surface area contributed by atoms with Gasteiger partial charge >= 0.3 is 0 Å². The molecule has 0 radical (unpaired) electrons. The zero-order valence-corrected chi connectivity index (χ0v) is 20.7. The van der Waals surface area contributed by atoms with Crippen LogP contribution in [0.2, 0.25) is 0 Å². The van der Waals surface area contributed by atoms with Crippen LogP contribution in [0.5, 0.6) is 0 Å². The van der Waals surface area contributed by atoms with E-state index in [1.54, 1.807) is 0 Å². The van der Waals surface area contributed by atoms with Gasteiger partial charge in [0.1, 0.15) is 5.82 Å². The number of alkyl halides is 2. The minimum absolute atomic E-state index is 0.0188. The van der Waals surface area contributed by atoms with Crippen molar-refractivity contribution in [3.8, 4) is 0 Å². The number of likely N-dealkylation sites (tertiary alicyclic amines) is 1. The molecule has 1 spiro atoms. The van der Waals surface area contributed by atoms with Gasteiger partial charge in [0.2, 0.25) is 12.3 Å². The molecule has 34 heavy (non-hydrogen) atoms. The van der Waals surface area contributed by atoms with Crippen molar-refractivity contribution in [2.75, 3.05) is 25.0 Å². The second-order valence-corrected chi connectivity index (χ2v) is 9.71. The molecule has 4 rings (SSSR count). The third kappa shape index (κ3) is 8.60. The third-order valence-corrected chi connectivity index (χ3v) is 6.94. The molecule has 2 amide bonds. The van der Waals surface area contributed by atoms with Crippen molar-refractivity contribution < 1.29 is 22.8 Å². The van der Waals surface area contributed by atoms with Gasteiger partial charge in [0.15, 0.2) is 0 Å². The summed E-state index contributed by atoms with van der Waals surface area (Å²) in [5.74, 6) is 0.374. The number of nitrogens with one attached hydrogen (secondary N) is 2. The van der Waals surface area contributed by atoms with E-state index in [0.29, 0.717) is 24.4 Å². The minimum Gasteiger partial charge on any atom is -0.352 e. The Labute approximate surface area is 201 Å². The van der Waals surface area contributed by atoms with Gasteiger partial charge in [0.25, 0.3) is 6.43 Å². The van der Waals surface area contributed by atoms with E-state index in [-0.39, 0.29) is 11.6 Å². The van der Waals surface area contributed by atoms with Crippen molar-refractivity contribution in [1.82, 2.24) is 10.2 Å². The van der Waals surface area contributed by atoms with Crippen molar-refractivity contribution in [2.24, 2.45) is 11.3 Å². The Hall–Kier alpha value is -2.09. The summed E-state index contributed by atoms with van der Waals surface area (Å²) in [7, 11) is 0. The summed E-state index contributed by atoms with van der Waals surface area (Å²) in [6, 6.07) is 3.17. The van der Waals surface area contributed by atoms with Crippen molar-refractivity contribution in [2.45, 2.75) is 84.6 Å². The first-order chi connectivity index (χ1) is 16.3. The molecule has 8 heteroatoms. The van der Waals surface area contributed by atoms with Crippen LogP contribution in [0.1, 0.15) is 84.1 Å². The fourth-order valence-corrected chi connectivity index (χ4v) is 5.14. The lowest BCUT2D eigenvalue weighted by Crippen LogP contribution is -2.59. The lowest BCUT2D eigenvalue weighted by molar-refractivity contribution is -0.127. The summed E-state index contributed by atoms with van der Waals surface area (Å²) >= 11 is 0. The smallest absolute Gasteiger partial charge is 0.264 e. The largest absolute Gasteiger partial charge is 0.352 e. The van der Waals surface area contributed by atoms with Gasteiger partial charge in [0.05, 0.1) is 6.54 Å². The minimum atomic E-state index is -2.75. The topological polar surface area (TPSA) is 61.4 Å². The quantitative estimate of drug-likeness (QED) is 0.494. The molecule has 1 saturated heterocycles. The van der Waals surface area contributed by atoms with E-state index in [1.165, 1.54) is 51.4 Å². The highest BCUT2D eigenvalue weighted by Gasteiger charge is 2.44. The second-order valence-electron chi connectivity index (χ2n) is 9.71. The average Bonchev–Trinajstić information content (AvgIpc) is 3.29. The Morgan fingerprint density at radius 1 is 1.12 bits per heavy atom. The number of benzene rings is 1. The molecule has 5 nitrogen and oxygen atoms in total. The Balaban J connectivity index is 0.000000239. The zero-order chi connectivity index (χ0) is 25.1. The van der Waals surface area contributed by atoms with Crippen LogP contribution in [0.25, 0.3) is 0 Å². The molecule has 0 bridgehead atoms. The maximum absolute atomic E-state index is 12.6. The maximum Gasteiger partial charge on any atom is 0.264 e. The molecule has 1 aliphatic heterocycles. The van der Waals surface area contributed by atoms with E-state index in [2.05, 4.69) is 22.5 Å². The Kier molecular flexibility index (Phi) is 11.4. The number of halogens is 3. The van der Waals surface area contributed by atoms with Crippen LogP contribution in [0.3, 0.4) is 0 Å². The van der Waals surface area contributed by atoms with E-state index in [4.69, 9.17) is 0 Å². The molecule has 0 aromatic heterocycles. The molecule has 3 fully saturated rings. The summed E-state index contributed by atoms with van der Waals surface area (Å²) in [5, 5.41) is 5.29. The van der Waals surface area contributed by atoms with Crippen LogP contribution >= 0.6 is 0 Å². The van der Waals surface area contributed by atoms with E-state index in [0.717, 1.165) is 37.2 Å². The van der Waals surface area contributed by atoms with Gasteiger partial charge in [-0.3, -0.25) is 14.5 Å². The second kappa shape index (κ2) is 13.7.